The van der Waals surface area contributed by atoms with Gasteiger partial charge in [-0.3, -0.25) is 14.5 Å². The lowest BCUT2D eigenvalue weighted by molar-refractivity contribution is -0.128. The molecular formula is C29H30ClN3O3S. The zero-order chi connectivity index (χ0) is 25.6. The van der Waals surface area contributed by atoms with Crippen molar-refractivity contribution in [1.29, 1.82) is 0 Å². The third-order valence-electron chi connectivity index (χ3n) is 6.65. The summed E-state index contributed by atoms with van der Waals surface area (Å²) >= 11 is 7.61. The maximum atomic E-state index is 12.8. The number of ether oxygens (including phenoxy) is 1. The lowest BCUT2D eigenvalue weighted by Crippen LogP contribution is -2.35. The SMILES string of the molecule is O=C(NCc1cccc(CN2CCOCC2)c1)c1ccc(C2SCC(=O)N2Cc2ccc(Cl)cc2)cc1. The highest BCUT2D eigenvalue weighted by atomic mass is 35.5. The predicted molar refractivity (Wildman–Crippen MR) is 147 cm³/mol. The van der Waals surface area contributed by atoms with Crippen molar-refractivity contribution in [3.63, 3.8) is 0 Å². The summed E-state index contributed by atoms with van der Waals surface area (Å²) < 4.78 is 5.43. The number of hydrogen-bond donors (Lipinski definition) is 1. The van der Waals surface area contributed by atoms with Gasteiger partial charge in [-0.15, -0.1) is 11.8 Å². The molecule has 0 radical (unpaired) electrons. The van der Waals surface area contributed by atoms with Gasteiger partial charge in [-0.05, 0) is 46.5 Å². The van der Waals surface area contributed by atoms with Crippen molar-refractivity contribution in [2.24, 2.45) is 0 Å². The number of rotatable bonds is 8. The highest BCUT2D eigenvalue weighted by molar-refractivity contribution is 8.00. The normalized spacial score (nSPS) is 18.2. The minimum absolute atomic E-state index is 0.0745. The second kappa shape index (κ2) is 12.1. The molecule has 0 saturated carbocycles. The Kier molecular flexibility index (Phi) is 8.46. The molecule has 6 nitrogen and oxygen atoms in total. The molecule has 5 rings (SSSR count). The summed E-state index contributed by atoms with van der Waals surface area (Å²) in [5.74, 6) is 0.450. The molecule has 37 heavy (non-hydrogen) atoms. The number of benzene rings is 3. The summed E-state index contributed by atoms with van der Waals surface area (Å²) in [6.07, 6.45) is 0. The topological polar surface area (TPSA) is 61.9 Å². The van der Waals surface area contributed by atoms with Crippen molar-refractivity contribution < 1.29 is 14.3 Å². The Morgan fingerprint density at radius 3 is 2.43 bits per heavy atom. The average molecular weight is 536 g/mol. The van der Waals surface area contributed by atoms with E-state index in [2.05, 4.69) is 22.3 Å². The molecule has 3 aromatic rings. The van der Waals surface area contributed by atoms with Crippen LogP contribution in [0.25, 0.3) is 0 Å². The van der Waals surface area contributed by atoms with Crippen molar-refractivity contribution in [3.8, 4) is 0 Å². The number of carbonyl (C=O) groups excluding carboxylic acids is 2. The first kappa shape index (κ1) is 25.8. The van der Waals surface area contributed by atoms with Crippen molar-refractivity contribution in [1.82, 2.24) is 15.1 Å². The molecule has 3 aromatic carbocycles. The molecule has 192 valence electrons. The number of halogens is 1. The Morgan fingerprint density at radius 1 is 0.946 bits per heavy atom. The van der Waals surface area contributed by atoms with Crippen LogP contribution in [0.2, 0.25) is 5.02 Å². The van der Waals surface area contributed by atoms with Crippen LogP contribution in [-0.4, -0.2) is 53.7 Å². The molecule has 0 aromatic heterocycles. The first-order valence-electron chi connectivity index (χ1n) is 12.5. The van der Waals surface area contributed by atoms with Crippen LogP contribution in [0.4, 0.5) is 0 Å². The molecule has 0 bridgehead atoms. The van der Waals surface area contributed by atoms with Gasteiger partial charge in [0.2, 0.25) is 5.91 Å². The van der Waals surface area contributed by atoms with Crippen LogP contribution >= 0.6 is 23.4 Å². The van der Waals surface area contributed by atoms with Gasteiger partial charge in [-0.1, -0.05) is 60.1 Å². The van der Waals surface area contributed by atoms with Crippen LogP contribution in [0, 0.1) is 0 Å². The summed E-state index contributed by atoms with van der Waals surface area (Å²) in [5, 5.41) is 3.64. The molecule has 2 aliphatic heterocycles. The summed E-state index contributed by atoms with van der Waals surface area (Å²) in [6, 6.07) is 23.5. The Bertz CT molecular complexity index is 1230. The smallest absolute Gasteiger partial charge is 0.251 e. The number of morpholine rings is 1. The van der Waals surface area contributed by atoms with E-state index in [1.165, 1.54) is 5.56 Å². The molecule has 2 amide bonds. The van der Waals surface area contributed by atoms with Crippen LogP contribution in [0.5, 0.6) is 0 Å². The summed E-state index contributed by atoms with van der Waals surface area (Å²) in [6.45, 7) is 5.35. The quantitative estimate of drug-likeness (QED) is 0.445. The molecule has 0 spiro atoms. The number of thioether (sulfide) groups is 1. The largest absolute Gasteiger partial charge is 0.379 e. The third-order valence-corrected chi connectivity index (χ3v) is 8.15. The van der Waals surface area contributed by atoms with Gasteiger partial charge in [0, 0.05) is 43.3 Å². The average Bonchev–Trinajstić information content (AvgIpc) is 3.29. The van der Waals surface area contributed by atoms with E-state index in [0.717, 1.165) is 49.5 Å². The van der Waals surface area contributed by atoms with Crippen molar-refractivity contribution in [2.45, 2.75) is 25.0 Å². The second-order valence-corrected chi connectivity index (χ2v) is 10.8. The van der Waals surface area contributed by atoms with E-state index in [1.807, 2.05) is 65.6 Å². The zero-order valence-electron chi connectivity index (χ0n) is 20.6. The zero-order valence-corrected chi connectivity index (χ0v) is 22.1. The molecule has 1 unspecified atom stereocenters. The van der Waals surface area contributed by atoms with Gasteiger partial charge >= 0.3 is 0 Å². The fourth-order valence-corrected chi connectivity index (χ4v) is 5.94. The molecule has 2 saturated heterocycles. The van der Waals surface area contributed by atoms with Crippen LogP contribution in [0.15, 0.2) is 72.8 Å². The van der Waals surface area contributed by atoms with E-state index >= 15 is 0 Å². The molecule has 0 aliphatic carbocycles. The summed E-state index contributed by atoms with van der Waals surface area (Å²) in [7, 11) is 0. The van der Waals surface area contributed by atoms with Gasteiger partial charge in [0.15, 0.2) is 0 Å². The van der Waals surface area contributed by atoms with Gasteiger partial charge < -0.3 is 15.0 Å². The van der Waals surface area contributed by atoms with Gasteiger partial charge in [0.1, 0.15) is 5.37 Å². The maximum Gasteiger partial charge on any atom is 0.251 e. The Labute approximate surface area is 226 Å². The highest BCUT2D eigenvalue weighted by Crippen LogP contribution is 2.39. The van der Waals surface area contributed by atoms with E-state index in [1.54, 1.807) is 11.8 Å². The van der Waals surface area contributed by atoms with Gasteiger partial charge in [-0.2, -0.15) is 0 Å². The van der Waals surface area contributed by atoms with Crippen LogP contribution in [0.1, 0.15) is 38.0 Å². The minimum atomic E-state index is -0.113. The van der Waals surface area contributed by atoms with Crippen LogP contribution < -0.4 is 5.32 Å². The van der Waals surface area contributed by atoms with E-state index in [-0.39, 0.29) is 17.2 Å². The van der Waals surface area contributed by atoms with E-state index in [4.69, 9.17) is 16.3 Å². The van der Waals surface area contributed by atoms with Crippen molar-refractivity contribution in [2.75, 3.05) is 32.1 Å². The monoisotopic (exact) mass is 535 g/mol. The van der Waals surface area contributed by atoms with Gasteiger partial charge in [0.25, 0.3) is 5.91 Å². The molecule has 2 heterocycles. The van der Waals surface area contributed by atoms with E-state index in [0.29, 0.717) is 29.4 Å². The molecule has 1 N–H and O–H groups in total. The first-order valence-corrected chi connectivity index (χ1v) is 13.9. The number of nitrogens with zero attached hydrogens (tertiary/aromatic N) is 2. The fraction of sp³-hybridized carbons (Fsp3) is 0.310. The number of carbonyl (C=O) groups is 2. The standard InChI is InChI=1S/C29H30ClN3O3S/c30-26-10-4-21(5-11-26)19-33-27(34)20-37-29(33)25-8-6-24(7-9-25)28(35)31-17-22-2-1-3-23(16-22)18-32-12-14-36-15-13-32/h1-11,16,29H,12-15,17-20H2,(H,31,35). The van der Waals surface area contributed by atoms with Crippen molar-refractivity contribution >= 4 is 35.2 Å². The minimum Gasteiger partial charge on any atom is -0.379 e. The molecule has 2 fully saturated rings. The molecule has 8 heteroatoms. The Hall–Kier alpha value is -2.84. The molecule has 2 aliphatic rings. The van der Waals surface area contributed by atoms with E-state index in [9.17, 15) is 9.59 Å². The van der Waals surface area contributed by atoms with Crippen molar-refractivity contribution in [3.05, 3.63) is 106 Å². The van der Waals surface area contributed by atoms with Crippen LogP contribution in [-0.2, 0) is 29.2 Å². The number of nitrogens with one attached hydrogen (secondary N) is 1. The summed E-state index contributed by atoms with van der Waals surface area (Å²) in [5.41, 5.74) is 4.97. The number of amides is 2. The third kappa shape index (κ3) is 6.73. The number of hydrogen-bond acceptors (Lipinski definition) is 5. The van der Waals surface area contributed by atoms with Gasteiger partial charge in [-0.25, -0.2) is 0 Å². The Morgan fingerprint density at radius 2 is 1.68 bits per heavy atom. The highest BCUT2D eigenvalue weighted by Gasteiger charge is 2.32. The Balaban J connectivity index is 1.18. The second-order valence-electron chi connectivity index (χ2n) is 9.32. The lowest BCUT2D eigenvalue weighted by Gasteiger charge is -2.26. The summed E-state index contributed by atoms with van der Waals surface area (Å²) in [4.78, 5) is 29.7. The lowest BCUT2D eigenvalue weighted by atomic mass is 10.1. The van der Waals surface area contributed by atoms with Crippen LogP contribution in [0.3, 0.4) is 0 Å². The predicted octanol–water partition coefficient (Wildman–Crippen LogP) is 4.88. The van der Waals surface area contributed by atoms with E-state index < -0.39 is 0 Å². The first-order chi connectivity index (χ1) is 18.0. The maximum absolute atomic E-state index is 12.8. The fourth-order valence-electron chi connectivity index (χ4n) is 4.63. The molecular weight excluding hydrogens is 506 g/mol. The molecule has 1 atom stereocenters. The van der Waals surface area contributed by atoms with Gasteiger partial charge in [0.05, 0.1) is 19.0 Å².